The van der Waals surface area contributed by atoms with Crippen LogP contribution in [0.5, 0.6) is 0 Å². The van der Waals surface area contributed by atoms with Crippen molar-refractivity contribution in [3.8, 4) is 0 Å². The zero-order valence-electron chi connectivity index (χ0n) is 9.90. The first-order valence-electron chi connectivity index (χ1n) is 5.58. The first kappa shape index (κ1) is 13.6. The van der Waals surface area contributed by atoms with Crippen LogP contribution in [0.25, 0.3) is 0 Å². The molecule has 2 rings (SSSR count). The van der Waals surface area contributed by atoms with Gasteiger partial charge in [-0.15, -0.1) is 11.3 Å². The van der Waals surface area contributed by atoms with Crippen LogP contribution in [0, 0.1) is 11.6 Å². The van der Waals surface area contributed by atoms with Gasteiger partial charge in [-0.3, -0.25) is 4.79 Å². The molecule has 0 saturated carbocycles. The molecule has 1 aromatic carbocycles. The molecule has 0 aliphatic rings. The number of halogens is 2. The van der Waals surface area contributed by atoms with Gasteiger partial charge < -0.3 is 11.1 Å². The summed E-state index contributed by atoms with van der Waals surface area (Å²) >= 11 is 1.38. The summed E-state index contributed by atoms with van der Waals surface area (Å²) in [6, 6.07) is 6.00. The normalized spacial score (nSPS) is 12.2. The second kappa shape index (κ2) is 5.90. The third-order valence-electron chi connectivity index (χ3n) is 2.60. The van der Waals surface area contributed by atoms with Gasteiger partial charge in [-0.1, -0.05) is 12.1 Å². The van der Waals surface area contributed by atoms with Crippen molar-refractivity contribution in [1.29, 1.82) is 0 Å². The minimum atomic E-state index is -0.775. The van der Waals surface area contributed by atoms with Crippen molar-refractivity contribution < 1.29 is 13.6 Å². The number of amides is 1. The Morgan fingerprint density at radius 3 is 2.79 bits per heavy atom. The number of carbonyl (C=O) groups excluding carboxylic acids is 1. The van der Waals surface area contributed by atoms with Crippen LogP contribution in [0.15, 0.2) is 35.7 Å². The predicted molar refractivity (Wildman–Crippen MR) is 69.5 cm³/mol. The molecule has 1 amide bonds. The molecule has 19 heavy (non-hydrogen) atoms. The van der Waals surface area contributed by atoms with Gasteiger partial charge in [-0.25, -0.2) is 8.78 Å². The second-order valence-electron chi connectivity index (χ2n) is 3.95. The Bertz CT molecular complexity index is 572. The Balaban J connectivity index is 1.97. The average molecular weight is 282 g/mol. The molecule has 2 aromatic rings. The van der Waals surface area contributed by atoms with E-state index in [1.165, 1.54) is 17.4 Å². The van der Waals surface area contributed by atoms with Crippen molar-refractivity contribution in [3.63, 3.8) is 0 Å². The molecule has 6 heteroatoms. The first-order valence-corrected chi connectivity index (χ1v) is 6.46. The topological polar surface area (TPSA) is 55.1 Å². The van der Waals surface area contributed by atoms with Crippen LogP contribution in [-0.4, -0.2) is 5.91 Å². The number of hydrogen-bond donors (Lipinski definition) is 2. The molecule has 1 atom stereocenters. The Hall–Kier alpha value is -1.79. The summed E-state index contributed by atoms with van der Waals surface area (Å²) in [5.74, 6) is -1.74. The molecule has 0 aliphatic carbocycles. The minimum absolute atomic E-state index is 0.0238. The van der Waals surface area contributed by atoms with E-state index in [1.807, 2.05) is 5.38 Å². The van der Waals surface area contributed by atoms with Crippen molar-refractivity contribution in [3.05, 3.63) is 57.8 Å². The molecule has 0 aliphatic heterocycles. The third kappa shape index (κ3) is 3.36. The zero-order valence-corrected chi connectivity index (χ0v) is 10.7. The van der Waals surface area contributed by atoms with Crippen molar-refractivity contribution in [1.82, 2.24) is 5.32 Å². The summed E-state index contributed by atoms with van der Waals surface area (Å²) in [6.45, 7) is -0.0238. The highest BCUT2D eigenvalue weighted by Crippen LogP contribution is 2.17. The van der Waals surface area contributed by atoms with Gasteiger partial charge in [-0.2, -0.15) is 0 Å². The van der Waals surface area contributed by atoms with Gasteiger partial charge in [0.1, 0.15) is 17.7 Å². The fourth-order valence-electron chi connectivity index (χ4n) is 1.55. The van der Waals surface area contributed by atoms with E-state index in [2.05, 4.69) is 5.32 Å². The van der Waals surface area contributed by atoms with E-state index in [1.54, 1.807) is 12.1 Å². The van der Waals surface area contributed by atoms with Gasteiger partial charge >= 0.3 is 0 Å². The highest BCUT2D eigenvalue weighted by molar-refractivity contribution is 7.10. The van der Waals surface area contributed by atoms with Crippen LogP contribution in [0.1, 0.15) is 16.5 Å². The first-order chi connectivity index (χ1) is 9.08. The zero-order chi connectivity index (χ0) is 13.8. The minimum Gasteiger partial charge on any atom is -0.350 e. The lowest BCUT2D eigenvalue weighted by Crippen LogP contribution is -2.33. The molecule has 0 saturated heterocycles. The Kier molecular flexibility index (Phi) is 4.24. The van der Waals surface area contributed by atoms with Gasteiger partial charge in [0.25, 0.3) is 0 Å². The highest BCUT2D eigenvalue weighted by Gasteiger charge is 2.16. The molecule has 100 valence electrons. The molecule has 0 spiro atoms. The Morgan fingerprint density at radius 2 is 2.16 bits per heavy atom. The Morgan fingerprint density at radius 1 is 1.37 bits per heavy atom. The van der Waals surface area contributed by atoms with Gasteiger partial charge in [0.2, 0.25) is 5.91 Å². The summed E-state index contributed by atoms with van der Waals surface area (Å²) < 4.78 is 26.1. The highest BCUT2D eigenvalue weighted by atomic mass is 32.1. The van der Waals surface area contributed by atoms with Crippen LogP contribution in [-0.2, 0) is 11.3 Å². The second-order valence-corrected chi connectivity index (χ2v) is 4.93. The van der Waals surface area contributed by atoms with Gasteiger partial charge in [0, 0.05) is 23.1 Å². The maximum Gasteiger partial charge on any atom is 0.242 e. The lowest BCUT2D eigenvalue weighted by Gasteiger charge is -2.11. The number of rotatable bonds is 4. The van der Waals surface area contributed by atoms with Crippen molar-refractivity contribution in [2.45, 2.75) is 12.6 Å². The number of carbonyl (C=O) groups is 1. The van der Waals surface area contributed by atoms with Gasteiger partial charge in [0.05, 0.1) is 0 Å². The molecule has 1 unspecified atom stereocenters. The van der Waals surface area contributed by atoms with Crippen molar-refractivity contribution in [2.24, 2.45) is 5.73 Å². The average Bonchev–Trinajstić information content (AvgIpc) is 2.90. The summed E-state index contributed by atoms with van der Waals surface area (Å²) in [5.41, 5.74) is 5.97. The lowest BCUT2D eigenvalue weighted by atomic mass is 10.2. The number of benzene rings is 1. The maximum atomic E-state index is 13.4. The summed E-state index contributed by atoms with van der Waals surface area (Å²) in [7, 11) is 0. The van der Waals surface area contributed by atoms with Crippen LogP contribution in [0.3, 0.4) is 0 Å². The van der Waals surface area contributed by atoms with E-state index in [0.717, 1.165) is 17.0 Å². The van der Waals surface area contributed by atoms with E-state index in [4.69, 9.17) is 5.73 Å². The van der Waals surface area contributed by atoms with E-state index >= 15 is 0 Å². The standard InChI is InChI=1S/C13H12F2N2OS/c14-9-4-3-8(10(15)6-9)7-17-13(18)12(16)11-2-1-5-19-11/h1-6,12H,7,16H2,(H,17,18). The van der Waals surface area contributed by atoms with Crippen LogP contribution in [0.4, 0.5) is 8.78 Å². The SMILES string of the molecule is NC(C(=O)NCc1ccc(F)cc1F)c1cccs1. The van der Waals surface area contributed by atoms with E-state index in [0.29, 0.717) is 0 Å². The van der Waals surface area contributed by atoms with E-state index in [-0.39, 0.29) is 12.1 Å². The largest absolute Gasteiger partial charge is 0.350 e. The molecular weight excluding hydrogens is 270 g/mol. The lowest BCUT2D eigenvalue weighted by molar-refractivity contribution is -0.122. The summed E-state index contributed by atoms with van der Waals surface area (Å²) in [6.07, 6.45) is 0. The summed E-state index contributed by atoms with van der Waals surface area (Å²) in [5, 5.41) is 4.35. The quantitative estimate of drug-likeness (QED) is 0.904. The van der Waals surface area contributed by atoms with Crippen LogP contribution < -0.4 is 11.1 Å². The number of nitrogens with one attached hydrogen (secondary N) is 1. The van der Waals surface area contributed by atoms with Crippen molar-refractivity contribution >= 4 is 17.2 Å². The van der Waals surface area contributed by atoms with Crippen LogP contribution in [0.2, 0.25) is 0 Å². The molecule has 3 N–H and O–H groups in total. The molecule has 0 radical (unpaired) electrons. The monoisotopic (exact) mass is 282 g/mol. The van der Waals surface area contributed by atoms with Crippen LogP contribution >= 0.6 is 11.3 Å². The number of nitrogens with two attached hydrogens (primary N) is 1. The van der Waals surface area contributed by atoms with E-state index in [9.17, 15) is 13.6 Å². The molecule has 1 aromatic heterocycles. The predicted octanol–water partition coefficient (Wildman–Crippen LogP) is 2.34. The number of hydrogen-bond acceptors (Lipinski definition) is 3. The summed E-state index contributed by atoms with van der Waals surface area (Å²) in [4.78, 5) is 12.5. The smallest absolute Gasteiger partial charge is 0.242 e. The molecular formula is C13H12F2N2OS. The fraction of sp³-hybridized carbons (Fsp3) is 0.154. The molecule has 1 heterocycles. The van der Waals surface area contributed by atoms with E-state index < -0.39 is 23.6 Å². The van der Waals surface area contributed by atoms with Gasteiger partial charge in [0.15, 0.2) is 0 Å². The fourth-order valence-corrected chi connectivity index (χ4v) is 2.28. The third-order valence-corrected chi connectivity index (χ3v) is 3.56. The molecule has 3 nitrogen and oxygen atoms in total. The maximum absolute atomic E-state index is 13.4. The number of thiophene rings is 1. The van der Waals surface area contributed by atoms with Gasteiger partial charge in [-0.05, 0) is 17.5 Å². The molecule has 0 fully saturated rings. The molecule has 0 bridgehead atoms. The Labute approximate surface area is 113 Å². The van der Waals surface area contributed by atoms with Crippen molar-refractivity contribution in [2.75, 3.05) is 0 Å².